The smallest absolute Gasteiger partial charge is 0.118 e. The molecule has 0 bridgehead atoms. The summed E-state index contributed by atoms with van der Waals surface area (Å²) in [7, 11) is 1.63. The Morgan fingerprint density at radius 1 is 1.11 bits per heavy atom. The number of benzene rings is 2. The Kier molecular flexibility index (Phi) is 3.92. The topological polar surface area (TPSA) is 81.5 Å². The molecule has 0 atom stereocenters. The quantitative estimate of drug-likeness (QED) is 0.733. The van der Waals surface area contributed by atoms with Gasteiger partial charge >= 0.3 is 0 Å². The van der Waals surface area contributed by atoms with Crippen LogP contribution in [0.5, 0.6) is 5.75 Å². The molecule has 4 nitrogen and oxygen atoms in total. The van der Waals surface area contributed by atoms with Gasteiger partial charge in [0.05, 0.1) is 7.11 Å². The van der Waals surface area contributed by atoms with Gasteiger partial charge in [0.15, 0.2) is 0 Å². The second-order valence-corrected chi connectivity index (χ2v) is 4.34. The van der Waals surface area contributed by atoms with Crippen LogP contribution in [0.4, 0.5) is 11.4 Å². The Hall–Kier alpha value is -2.20. The first-order valence-electron chi connectivity index (χ1n) is 6.09. The van der Waals surface area contributed by atoms with Gasteiger partial charge in [-0.2, -0.15) is 0 Å². The number of ether oxygens (including phenoxy) is 1. The first-order valence-corrected chi connectivity index (χ1v) is 6.09. The van der Waals surface area contributed by atoms with E-state index in [1.54, 1.807) is 13.2 Å². The van der Waals surface area contributed by atoms with Crippen molar-refractivity contribution in [2.24, 2.45) is 0 Å². The van der Waals surface area contributed by atoms with E-state index in [2.05, 4.69) is 0 Å². The van der Waals surface area contributed by atoms with Crippen molar-refractivity contribution in [2.75, 3.05) is 25.2 Å². The van der Waals surface area contributed by atoms with Crippen molar-refractivity contribution in [1.82, 2.24) is 0 Å². The number of aliphatic hydroxyl groups is 1. The van der Waals surface area contributed by atoms with Crippen LogP contribution in [0.15, 0.2) is 36.4 Å². The Morgan fingerprint density at radius 2 is 1.79 bits per heavy atom. The van der Waals surface area contributed by atoms with E-state index in [4.69, 9.17) is 21.3 Å². The fraction of sp³-hybridized carbons (Fsp3) is 0.200. The van der Waals surface area contributed by atoms with Crippen molar-refractivity contribution in [1.29, 1.82) is 0 Å². The van der Waals surface area contributed by atoms with Gasteiger partial charge < -0.3 is 21.3 Å². The largest absolute Gasteiger partial charge is 0.497 e. The maximum absolute atomic E-state index is 9.16. The Morgan fingerprint density at radius 3 is 2.37 bits per heavy atom. The molecule has 2 aromatic carbocycles. The second kappa shape index (κ2) is 5.63. The number of hydrogen-bond donors (Lipinski definition) is 3. The summed E-state index contributed by atoms with van der Waals surface area (Å²) in [5.74, 6) is 0.796. The van der Waals surface area contributed by atoms with Crippen LogP contribution in [0.1, 0.15) is 5.56 Å². The third-order valence-corrected chi connectivity index (χ3v) is 3.07. The van der Waals surface area contributed by atoms with Gasteiger partial charge in [0.25, 0.3) is 0 Å². The number of methoxy groups -OCH3 is 1. The van der Waals surface area contributed by atoms with Crippen LogP contribution in [0.2, 0.25) is 0 Å². The SMILES string of the molecule is COc1ccc(-c2cc(N)cc(N)c2CCO)cc1. The molecule has 0 saturated heterocycles. The molecule has 5 N–H and O–H groups in total. The van der Waals surface area contributed by atoms with Crippen molar-refractivity contribution >= 4 is 11.4 Å². The van der Waals surface area contributed by atoms with E-state index in [1.165, 1.54) is 0 Å². The molecule has 0 aliphatic carbocycles. The summed E-state index contributed by atoms with van der Waals surface area (Å²) in [6.45, 7) is 0.0528. The molecule has 2 aromatic rings. The second-order valence-electron chi connectivity index (χ2n) is 4.34. The molecule has 0 aromatic heterocycles. The number of aliphatic hydroxyl groups excluding tert-OH is 1. The van der Waals surface area contributed by atoms with Crippen molar-refractivity contribution in [3.63, 3.8) is 0 Å². The van der Waals surface area contributed by atoms with Crippen LogP contribution in [0.25, 0.3) is 11.1 Å². The fourth-order valence-electron chi connectivity index (χ4n) is 2.14. The number of hydrogen-bond acceptors (Lipinski definition) is 4. The van der Waals surface area contributed by atoms with Gasteiger partial charge in [0.1, 0.15) is 5.75 Å². The summed E-state index contributed by atoms with van der Waals surface area (Å²) in [4.78, 5) is 0. The highest BCUT2D eigenvalue weighted by atomic mass is 16.5. The summed E-state index contributed by atoms with van der Waals surface area (Å²) in [6, 6.07) is 11.3. The molecule has 0 unspecified atom stereocenters. The molecular formula is C15H18N2O2. The molecule has 0 aliphatic heterocycles. The van der Waals surface area contributed by atoms with E-state index in [0.29, 0.717) is 17.8 Å². The van der Waals surface area contributed by atoms with Crippen LogP contribution >= 0.6 is 0 Å². The predicted molar refractivity (Wildman–Crippen MR) is 78.0 cm³/mol. The van der Waals surface area contributed by atoms with Gasteiger partial charge in [0, 0.05) is 18.0 Å². The standard InChI is InChI=1S/C15H18N2O2/c1-19-12-4-2-10(3-5-12)14-8-11(16)9-15(17)13(14)6-7-18/h2-5,8-9,18H,6-7,16-17H2,1H3. The maximum Gasteiger partial charge on any atom is 0.118 e. The zero-order valence-corrected chi connectivity index (χ0v) is 10.9. The molecular weight excluding hydrogens is 240 g/mol. The summed E-state index contributed by atoms with van der Waals surface area (Å²) >= 11 is 0. The highest BCUT2D eigenvalue weighted by Gasteiger charge is 2.10. The molecule has 0 aliphatic rings. The lowest BCUT2D eigenvalue weighted by molar-refractivity contribution is 0.300. The number of nitrogen functional groups attached to an aromatic ring is 2. The van der Waals surface area contributed by atoms with E-state index in [9.17, 15) is 0 Å². The highest BCUT2D eigenvalue weighted by Crippen LogP contribution is 2.32. The first-order chi connectivity index (χ1) is 9.15. The molecule has 0 spiro atoms. The average Bonchev–Trinajstić information content (AvgIpc) is 2.42. The minimum atomic E-state index is 0.0528. The van der Waals surface area contributed by atoms with E-state index < -0.39 is 0 Å². The van der Waals surface area contributed by atoms with Crippen LogP contribution in [0, 0.1) is 0 Å². The van der Waals surface area contributed by atoms with Crippen molar-refractivity contribution < 1.29 is 9.84 Å². The van der Waals surface area contributed by atoms with E-state index in [0.717, 1.165) is 22.4 Å². The van der Waals surface area contributed by atoms with E-state index >= 15 is 0 Å². The summed E-state index contributed by atoms with van der Waals surface area (Å²) < 4.78 is 5.14. The van der Waals surface area contributed by atoms with Crippen LogP contribution in [-0.2, 0) is 6.42 Å². The Labute approximate surface area is 112 Å². The Bertz CT molecular complexity index is 565. The summed E-state index contributed by atoms with van der Waals surface area (Å²) in [5, 5.41) is 9.16. The zero-order valence-electron chi connectivity index (χ0n) is 10.9. The molecule has 19 heavy (non-hydrogen) atoms. The molecule has 0 radical (unpaired) electrons. The van der Waals surface area contributed by atoms with Gasteiger partial charge in [0.2, 0.25) is 0 Å². The molecule has 100 valence electrons. The summed E-state index contributed by atoms with van der Waals surface area (Å²) in [5.41, 5.74) is 15.9. The molecule has 0 fully saturated rings. The predicted octanol–water partition coefficient (Wildman–Crippen LogP) is 2.06. The summed E-state index contributed by atoms with van der Waals surface area (Å²) in [6.07, 6.45) is 0.507. The molecule has 0 heterocycles. The number of anilines is 2. The van der Waals surface area contributed by atoms with Gasteiger partial charge in [-0.25, -0.2) is 0 Å². The molecule has 4 heteroatoms. The third-order valence-electron chi connectivity index (χ3n) is 3.07. The maximum atomic E-state index is 9.16. The van der Waals surface area contributed by atoms with E-state index in [1.807, 2.05) is 30.3 Å². The lowest BCUT2D eigenvalue weighted by atomic mass is 9.95. The van der Waals surface area contributed by atoms with Gasteiger partial charge in [-0.1, -0.05) is 12.1 Å². The third kappa shape index (κ3) is 2.80. The van der Waals surface area contributed by atoms with Crippen LogP contribution in [0.3, 0.4) is 0 Å². The number of nitrogens with two attached hydrogens (primary N) is 2. The van der Waals surface area contributed by atoms with Crippen LogP contribution < -0.4 is 16.2 Å². The average molecular weight is 258 g/mol. The van der Waals surface area contributed by atoms with Gasteiger partial charge in [-0.3, -0.25) is 0 Å². The van der Waals surface area contributed by atoms with Crippen molar-refractivity contribution in [3.05, 3.63) is 42.0 Å². The first kappa shape index (κ1) is 13.2. The lowest BCUT2D eigenvalue weighted by Gasteiger charge is -2.13. The zero-order chi connectivity index (χ0) is 13.8. The van der Waals surface area contributed by atoms with Crippen molar-refractivity contribution in [3.8, 4) is 16.9 Å². The van der Waals surface area contributed by atoms with Gasteiger partial charge in [-0.15, -0.1) is 0 Å². The van der Waals surface area contributed by atoms with Gasteiger partial charge in [-0.05, 0) is 47.4 Å². The molecule has 2 rings (SSSR count). The fourth-order valence-corrected chi connectivity index (χ4v) is 2.14. The molecule has 0 saturated carbocycles. The molecule has 0 amide bonds. The van der Waals surface area contributed by atoms with E-state index in [-0.39, 0.29) is 6.61 Å². The highest BCUT2D eigenvalue weighted by molar-refractivity contribution is 5.77. The normalized spacial score (nSPS) is 10.4. The van der Waals surface area contributed by atoms with Crippen molar-refractivity contribution in [2.45, 2.75) is 6.42 Å². The van der Waals surface area contributed by atoms with Crippen LogP contribution in [-0.4, -0.2) is 18.8 Å². The minimum absolute atomic E-state index is 0.0528. The monoisotopic (exact) mass is 258 g/mol. The number of rotatable bonds is 4. The lowest BCUT2D eigenvalue weighted by Crippen LogP contribution is -2.02. The minimum Gasteiger partial charge on any atom is -0.497 e. The Balaban J connectivity index is 2.52.